The molecule has 1 N–H and O–H groups in total. The zero-order valence-corrected chi connectivity index (χ0v) is 10.8. The summed E-state index contributed by atoms with van der Waals surface area (Å²) >= 11 is 0. The fourth-order valence-electron chi connectivity index (χ4n) is 1.99. The van der Waals surface area contributed by atoms with Gasteiger partial charge in [0.25, 0.3) is 0 Å². The Kier molecular flexibility index (Phi) is 3.62. The highest BCUT2D eigenvalue weighted by Gasteiger charge is 2.10. The molecule has 17 heavy (non-hydrogen) atoms. The van der Waals surface area contributed by atoms with E-state index in [1.807, 2.05) is 12.4 Å². The van der Waals surface area contributed by atoms with Gasteiger partial charge in [-0.3, -0.25) is 4.98 Å². The summed E-state index contributed by atoms with van der Waals surface area (Å²) in [5.74, 6) is 0.673. The van der Waals surface area contributed by atoms with Crippen molar-refractivity contribution in [2.24, 2.45) is 5.92 Å². The van der Waals surface area contributed by atoms with E-state index in [9.17, 15) is 0 Å². The lowest BCUT2D eigenvalue weighted by Gasteiger charge is -2.22. The van der Waals surface area contributed by atoms with Gasteiger partial charge in [0.2, 0.25) is 0 Å². The molecule has 0 aliphatic rings. The molecule has 2 atom stereocenters. The normalized spacial score (nSPS) is 14.5. The van der Waals surface area contributed by atoms with Crippen molar-refractivity contribution in [2.45, 2.75) is 33.2 Å². The minimum atomic E-state index is 0.485. The van der Waals surface area contributed by atoms with Gasteiger partial charge in [0.15, 0.2) is 0 Å². The van der Waals surface area contributed by atoms with E-state index in [1.165, 1.54) is 22.9 Å². The Balaban J connectivity index is 2.30. The Hall–Kier alpha value is -1.57. The number of aromatic nitrogens is 1. The first-order chi connectivity index (χ1) is 8.22. The third-order valence-corrected chi connectivity index (χ3v) is 3.56. The molecule has 1 aromatic carbocycles. The van der Waals surface area contributed by atoms with Crippen molar-refractivity contribution in [1.82, 2.24) is 4.98 Å². The highest BCUT2D eigenvalue weighted by molar-refractivity contribution is 5.93. The number of anilines is 1. The molecular formula is C15H20N2. The van der Waals surface area contributed by atoms with Crippen LogP contribution in [0.25, 0.3) is 10.8 Å². The molecule has 1 heterocycles. The van der Waals surface area contributed by atoms with Crippen LogP contribution < -0.4 is 5.32 Å². The Bertz CT molecular complexity index is 488. The average Bonchev–Trinajstić information content (AvgIpc) is 2.38. The summed E-state index contributed by atoms with van der Waals surface area (Å²) in [4.78, 5) is 4.16. The molecule has 0 spiro atoms. The van der Waals surface area contributed by atoms with Crippen LogP contribution in [0.2, 0.25) is 0 Å². The molecule has 2 rings (SSSR count). The number of pyridine rings is 1. The Morgan fingerprint density at radius 3 is 2.82 bits per heavy atom. The van der Waals surface area contributed by atoms with Crippen molar-refractivity contribution in [3.05, 3.63) is 36.7 Å². The van der Waals surface area contributed by atoms with E-state index in [0.717, 1.165) is 0 Å². The van der Waals surface area contributed by atoms with Gasteiger partial charge in [-0.05, 0) is 25.0 Å². The van der Waals surface area contributed by atoms with Gasteiger partial charge in [-0.25, -0.2) is 0 Å². The maximum atomic E-state index is 4.16. The monoisotopic (exact) mass is 228 g/mol. The number of benzene rings is 1. The summed E-state index contributed by atoms with van der Waals surface area (Å²) in [6, 6.07) is 8.87. The van der Waals surface area contributed by atoms with Gasteiger partial charge in [0.05, 0.1) is 0 Å². The zero-order chi connectivity index (χ0) is 12.3. The highest BCUT2D eigenvalue weighted by Crippen LogP contribution is 2.24. The van der Waals surface area contributed by atoms with Crippen molar-refractivity contribution in [1.29, 1.82) is 0 Å². The Labute approximate surface area is 103 Å². The van der Waals surface area contributed by atoms with Gasteiger partial charge in [-0.2, -0.15) is 0 Å². The number of hydrogen-bond donors (Lipinski definition) is 1. The summed E-state index contributed by atoms with van der Waals surface area (Å²) in [6.07, 6.45) is 4.95. The molecule has 0 bridgehead atoms. The van der Waals surface area contributed by atoms with Crippen LogP contribution in [0.15, 0.2) is 36.7 Å². The van der Waals surface area contributed by atoms with E-state index < -0.39 is 0 Å². The molecule has 0 radical (unpaired) electrons. The summed E-state index contributed by atoms with van der Waals surface area (Å²) in [6.45, 7) is 6.76. The first-order valence-electron chi connectivity index (χ1n) is 6.31. The molecule has 2 aromatic rings. The van der Waals surface area contributed by atoms with Crippen LogP contribution in [0.1, 0.15) is 27.2 Å². The van der Waals surface area contributed by atoms with E-state index in [1.54, 1.807) is 0 Å². The predicted octanol–water partition coefficient (Wildman–Crippen LogP) is 4.08. The molecule has 2 nitrogen and oxygen atoms in total. The van der Waals surface area contributed by atoms with Crippen LogP contribution >= 0.6 is 0 Å². The maximum absolute atomic E-state index is 4.16. The van der Waals surface area contributed by atoms with E-state index in [-0.39, 0.29) is 0 Å². The van der Waals surface area contributed by atoms with Crippen molar-refractivity contribution in [3.63, 3.8) is 0 Å². The first kappa shape index (κ1) is 11.9. The van der Waals surface area contributed by atoms with Gasteiger partial charge in [0, 0.05) is 34.9 Å². The molecule has 1 aromatic heterocycles. The Morgan fingerprint density at radius 2 is 2.06 bits per heavy atom. The summed E-state index contributed by atoms with van der Waals surface area (Å²) in [5.41, 5.74) is 1.21. The van der Waals surface area contributed by atoms with E-state index in [2.05, 4.69) is 55.3 Å². The lowest BCUT2D eigenvalue weighted by atomic mass is 10.00. The largest absolute Gasteiger partial charge is 0.382 e. The molecule has 2 heteroatoms. The number of rotatable bonds is 4. The third-order valence-electron chi connectivity index (χ3n) is 3.56. The second-order valence-electron chi connectivity index (χ2n) is 4.72. The molecule has 0 saturated heterocycles. The van der Waals surface area contributed by atoms with Gasteiger partial charge < -0.3 is 5.32 Å². The molecule has 0 aliphatic carbocycles. The van der Waals surface area contributed by atoms with Crippen molar-refractivity contribution in [3.8, 4) is 0 Å². The summed E-state index contributed by atoms with van der Waals surface area (Å²) in [5, 5.41) is 6.04. The highest BCUT2D eigenvalue weighted by atomic mass is 14.9. The van der Waals surface area contributed by atoms with E-state index in [0.29, 0.717) is 12.0 Å². The molecule has 2 unspecified atom stereocenters. The van der Waals surface area contributed by atoms with E-state index >= 15 is 0 Å². The van der Waals surface area contributed by atoms with Gasteiger partial charge in [0.1, 0.15) is 0 Å². The minimum Gasteiger partial charge on any atom is -0.382 e. The lowest BCUT2D eigenvalue weighted by Crippen LogP contribution is -2.23. The fraction of sp³-hybridized carbons (Fsp3) is 0.400. The van der Waals surface area contributed by atoms with Crippen LogP contribution in [0.5, 0.6) is 0 Å². The third kappa shape index (κ3) is 2.57. The fourth-order valence-corrected chi connectivity index (χ4v) is 1.99. The van der Waals surface area contributed by atoms with Crippen LogP contribution in [-0.2, 0) is 0 Å². The quantitative estimate of drug-likeness (QED) is 0.852. The number of nitrogens with zero attached hydrogens (tertiary/aromatic N) is 1. The number of nitrogens with one attached hydrogen (secondary N) is 1. The first-order valence-corrected chi connectivity index (χ1v) is 6.31. The standard InChI is InChI=1S/C15H20N2/c1-4-11(2)12(3)17-15-7-5-6-13-10-16-9-8-14(13)15/h5-12,17H,4H2,1-3H3. The molecule has 90 valence electrons. The molecule has 0 amide bonds. The van der Waals surface area contributed by atoms with Crippen LogP contribution in [0, 0.1) is 5.92 Å². The van der Waals surface area contributed by atoms with Gasteiger partial charge >= 0.3 is 0 Å². The lowest BCUT2D eigenvalue weighted by molar-refractivity contribution is 0.495. The second-order valence-corrected chi connectivity index (χ2v) is 4.72. The maximum Gasteiger partial charge on any atom is 0.0423 e. The van der Waals surface area contributed by atoms with E-state index in [4.69, 9.17) is 0 Å². The molecule has 0 saturated carbocycles. The summed E-state index contributed by atoms with van der Waals surface area (Å²) in [7, 11) is 0. The predicted molar refractivity (Wildman–Crippen MR) is 74.3 cm³/mol. The summed E-state index contributed by atoms with van der Waals surface area (Å²) < 4.78 is 0. The van der Waals surface area contributed by atoms with Gasteiger partial charge in [-0.15, -0.1) is 0 Å². The minimum absolute atomic E-state index is 0.485. The van der Waals surface area contributed by atoms with Gasteiger partial charge in [-0.1, -0.05) is 32.4 Å². The Morgan fingerprint density at radius 1 is 1.24 bits per heavy atom. The van der Waals surface area contributed by atoms with Crippen LogP contribution in [0.3, 0.4) is 0 Å². The SMILES string of the molecule is CCC(C)C(C)Nc1cccc2cnccc12. The molecular weight excluding hydrogens is 208 g/mol. The van der Waals surface area contributed by atoms with Crippen LogP contribution in [-0.4, -0.2) is 11.0 Å². The van der Waals surface area contributed by atoms with Crippen molar-refractivity contribution < 1.29 is 0 Å². The molecule has 0 fully saturated rings. The van der Waals surface area contributed by atoms with Crippen molar-refractivity contribution >= 4 is 16.5 Å². The average molecular weight is 228 g/mol. The second kappa shape index (κ2) is 5.17. The zero-order valence-electron chi connectivity index (χ0n) is 10.8. The number of fused-ring (bicyclic) bond motifs is 1. The van der Waals surface area contributed by atoms with Crippen molar-refractivity contribution in [2.75, 3.05) is 5.32 Å². The number of hydrogen-bond acceptors (Lipinski definition) is 2. The molecule has 0 aliphatic heterocycles. The van der Waals surface area contributed by atoms with Crippen LogP contribution in [0.4, 0.5) is 5.69 Å². The topological polar surface area (TPSA) is 24.9 Å². The smallest absolute Gasteiger partial charge is 0.0423 e.